The Labute approximate surface area is 111 Å². The molecule has 0 aliphatic heterocycles. The third kappa shape index (κ3) is 2.55. The lowest BCUT2D eigenvalue weighted by molar-refractivity contribution is 0.0595. The van der Waals surface area contributed by atoms with Crippen LogP contribution in [0.2, 0.25) is 0 Å². The fourth-order valence-electron chi connectivity index (χ4n) is 1.41. The molecule has 20 heavy (non-hydrogen) atoms. The van der Waals surface area contributed by atoms with Crippen molar-refractivity contribution in [2.24, 2.45) is 0 Å². The van der Waals surface area contributed by atoms with Crippen molar-refractivity contribution in [2.45, 2.75) is 0 Å². The molecule has 0 bridgehead atoms. The number of nitrogen functional groups attached to an aromatic ring is 1. The number of amides is 1. The Morgan fingerprint density at radius 3 is 2.75 bits per heavy atom. The van der Waals surface area contributed by atoms with Gasteiger partial charge in [0.1, 0.15) is 5.82 Å². The summed E-state index contributed by atoms with van der Waals surface area (Å²) in [4.78, 5) is 23.1. The lowest BCUT2D eigenvalue weighted by atomic mass is 10.2. The highest BCUT2D eigenvalue weighted by molar-refractivity contribution is 6.06. The SMILES string of the molecule is COC(=O)c1cc(NC(=O)c2nonc2N)ccc1F. The summed E-state index contributed by atoms with van der Waals surface area (Å²) in [6.07, 6.45) is 0. The highest BCUT2D eigenvalue weighted by Gasteiger charge is 2.18. The van der Waals surface area contributed by atoms with Crippen LogP contribution in [0.25, 0.3) is 0 Å². The number of nitrogens with one attached hydrogen (secondary N) is 1. The van der Waals surface area contributed by atoms with Crippen LogP contribution < -0.4 is 11.1 Å². The predicted octanol–water partition coefficient (Wildman–Crippen LogP) is 0.830. The van der Waals surface area contributed by atoms with Crippen LogP contribution in [0.4, 0.5) is 15.9 Å². The first-order valence-corrected chi connectivity index (χ1v) is 5.30. The van der Waals surface area contributed by atoms with Gasteiger partial charge in [0.15, 0.2) is 0 Å². The van der Waals surface area contributed by atoms with E-state index in [4.69, 9.17) is 5.73 Å². The van der Waals surface area contributed by atoms with Gasteiger partial charge in [-0.2, -0.15) is 0 Å². The Morgan fingerprint density at radius 2 is 2.15 bits per heavy atom. The number of nitrogens with two attached hydrogens (primary N) is 1. The largest absolute Gasteiger partial charge is 0.465 e. The first-order chi connectivity index (χ1) is 9.52. The van der Waals surface area contributed by atoms with Gasteiger partial charge in [0, 0.05) is 5.69 Å². The van der Waals surface area contributed by atoms with Gasteiger partial charge in [-0.3, -0.25) is 4.79 Å². The zero-order valence-electron chi connectivity index (χ0n) is 10.2. The lowest BCUT2D eigenvalue weighted by Gasteiger charge is -2.06. The molecule has 1 aromatic heterocycles. The summed E-state index contributed by atoms with van der Waals surface area (Å²) in [5.74, 6) is -2.51. The molecule has 0 radical (unpaired) electrons. The highest BCUT2D eigenvalue weighted by Crippen LogP contribution is 2.17. The van der Waals surface area contributed by atoms with E-state index in [2.05, 4.69) is 25.0 Å². The van der Waals surface area contributed by atoms with E-state index >= 15 is 0 Å². The van der Waals surface area contributed by atoms with E-state index in [9.17, 15) is 14.0 Å². The number of methoxy groups -OCH3 is 1. The molecule has 0 aliphatic carbocycles. The first-order valence-electron chi connectivity index (χ1n) is 5.30. The molecule has 2 aromatic rings. The number of hydrogen-bond acceptors (Lipinski definition) is 7. The standard InChI is InChI=1S/C11H9FN4O4/c1-19-11(18)6-4-5(2-3-7(6)12)14-10(17)8-9(13)16-20-15-8/h2-4H,1H3,(H2,13,16)(H,14,17). The van der Waals surface area contributed by atoms with Gasteiger partial charge in [0.2, 0.25) is 11.5 Å². The number of carbonyl (C=O) groups excluding carboxylic acids is 2. The van der Waals surface area contributed by atoms with Gasteiger partial charge in [-0.15, -0.1) is 0 Å². The van der Waals surface area contributed by atoms with E-state index < -0.39 is 17.7 Å². The van der Waals surface area contributed by atoms with E-state index in [0.717, 1.165) is 19.2 Å². The van der Waals surface area contributed by atoms with Crippen molar-refractivity contribution in [1.82, 2.24) is 10.3 Å². The van der Waals surface area contributed by atoms with Gasteiger partial charge in [-0.1, -0.05) is 0 Å². The summed E-state index contributed by atoms with van der Waals surface area (Å²) in [6, 6.07) is 3.42. The van der Waals surface area contributed by atoms with Gasteiger partial charge in [0.05, 0.1) is 12.7 Å². The number of benzene rings is 1. The summed E-state index contributed by atoms with van der Waals surface area (Å²) in [5, 5.41) is 8.94. The number of carbonyl (C=O) groups is 2. The summed E-state index contributed by atoms with van der Waals surface area (Å²) in [5.41, 5.74) is 5.00. The normalized spacial score (nSPS) is 10.1. The van der Waals surface area contributed by atoms with Crippen LogP contribution in [-0.2, 0) is 4.74 Å². The highest BCUT2D eigenvalue weighted by atomic mass is 19.1. The minimum atomic E-state index is -0.860. The third-order valence-electron chi connectivity index (χ3n) is 2.36. The van der Waals surface area contributed by atoms with E-state index in [1.54, 1.807) is 0 Å². The molecular weight excluding hydrogens is 271 g/mol. The molecule has 0 fully saturated rings. The van der Waals surface area contributed by atoms with Crippen LogP contribution in [-0.4, -0.2) is 29.3 Å². The fourth-order valence-corrected chi connectivity index (χ4v) is 1.41. The van der Waals surface area contributed by atoms with Crippen LogP contribution in [0.3, 0.4) is 0 Å². The van der Waals surface area contributed by atoms with E-state index in [1.165, 1.54) is 6.07 Å². The molecule has 1 aromatic carbocycles. The first kappa shape index (κ1) is 13.5. The number of aromatic nitrogens is 2. The van der Waals surface area contributed by atoms with Gasteiger partial charge in [-0.25, -0.2) is 13.8 Å². The van der Waals surface area contributed by atoms with Crippen molar-refractivity contribution in [3.8, 4) is 0 Å². The average molecular weight is 280 g/mol. The molecule has 1 heterocycles. The summed E-state index contributed by atoms with van der Waals surface area (Å²) in [6.45, 7) is 0. The summed E-state index contributed by atoms with van der Waals surface area (Å²) < 4.78 is 22.1. The maximum absolute atomic E-state index is 13.4. The monoisotopic (exact) mass is 280 g/mol. The van der Waals surface area contributed by atoms with Crippen molar-refractivity contribution < 1.29 is 23.3 Å². The zero-order valence-corrected chi connectivity index (χ0v) is 10.2. The molecule has 0 atom stereocenters. The second kappa shape index (κ2) is 5.34. The number of esters is 1. The molecule has 0 spiro atoms. The van der Waals surface area contributed by atoms with Crippen LogP contribution in [0, 0.1) is 5.82 Å². The van der Waals surface area contributed by atoms with Gasteiger partial charge < -0.3 is 15.8 Å². The van der Waals surface area contributed by atoms with Gasteiger partial charge in [0.25, 0.3) is 5.91 Å². The molecule has 0 saturated carbocycles. The second-order valence-electron chi connectivity index (χ2n) is 3.64. The number of rotatable bonds is 3. The smallest absolute Gasteiger partial charge is 0.340 e. The van der Waals surface area contributed by atoms with E-state index in [1.807, 2.05) is 0 Å². The van der Waals surface area contributed by atoms with E-state index in [-0.39, 0.29) is 22.8 Å². The van der Waals surface area contributed by atoms with E-state index in [0.29, 0.717) is 0 Å². The molecule has 0 aliphatic rings. The number of halogens is 1. The molecule has 0 unspecified atom stereocenters. The average Bonchev–Trinajstić information content (AvgIpc) is 2.86. The van der Waals surface area contributed by atoms with Crippen molar-refractivity contribution in [1.29, 1.82) is 0 Å². The van der Waals surface area contributed by atoms with Crippen LogP contribution in [0.15, 0.2) is 22.8 Å². The number of hydrogen-bond donors (Lipinski definition) is 2. The Morgan fingerprint density at radius 1 is 1.40 bits per heavy atom. The maximum atomic E-state index is 13.4. The zero-order chi connectivity index (χ0) is 14.7. The van der Waals surface area contributed by atoms with Gasteiger partial charge in [-0.05, 0) is 28.5 Å². The topological polar surface area (TPSA) is 120 Å². The minimum absolute atomic E-state index is 0.166. The molecule has 3 N–H and O–H groups in total. The Balaban J connectivity index is 2.24. The number of ether oxygens (including phenoxy) is 1. The Hall–Kier alpha value is -2.97. The summed E-state index contributed by atoms with van der Waals surface area (Å²) >= 11 is 0. The molecular formula is C11H9FN4O4. The maximum Gasteiger partial charge on any atom is 0.340 e. The molecule has 1 amide bonds. The van der Waals surface area contributed by atoms with Crippen molar-refractivity contribution in [2.75, 3.05) is 18.2 Å². The van der Waals surface area contributed by atoms with Crippen LogP contribution >= 0.6 is 0 Å². The molecule has 0 saturated heterocycles. The Bertz CT molecular complexity index is 670. The lowest BCUT2D eigenvalue weighted by Crippen LogP contribution is -2.15. The van der Waals surface area contributed by atoms with Crippen LogP contribution in [0.1, 0.15) is 20.8 Å². The van der Waals surface area contributed by atoms with Gasteiger partial charge >= 0.3 is 5.97 Å². The molecule has 104 valence electrons. The molecule has 2 rings (SSSR count). The predicted molar refractivity (Wildman–Crippen MR) is 64.4 cm³/mol. The number of anilines is 2. The van der Waals surface area contributed by atoms with Crippen molar-refractivity contribution in [3.05, 3.63) is 35.3 Å². The minimum Gasteiger partial charge on any atom is -0.465 e. The number of nitrogens with zero attached hydrogens (tertiary/aromatic N) is 2. The second-order valence-corrected chi connectivity index (χ2v) is 3.64. The quantitative estimate of drug-likeness (QED) is 0.798. The van der Waals surface area contributed by atoms with Crippen LogP contribution in [0.5, 0.6) is 0 Å². The fraction of sp³-hybridized carbons (Fsp3) is 0.0909. The summed E-state index contributed by atoms with van der Waals surface area (Å²) in [7, 11) is 1.12. The Kier molecular flexibility index (Phi) is 3.60. The van der Waals surface area contributed by atoms with Crippen molar-refractivity contribution in [3.63, 3.8) is 0 Å². The molecule has 9 heteroatoms. The molecule has 8 nitrogen and oxygen atoms in total. The third-order valence-corrected chi connectivity index (χ3v) is 2.36. The van der Waals surface area contributed by atoms with Crippen molar-refractivity contribution >= 4 is 23.4 Å².